The molecular formula is C11H22N2O2. The van der Waals surface area contributed by atoms with Crippen LogP contribution in [0.25, 0.3) is 0 Å². The molecule has 2 N–H and O–H groups in total. The minimum atomic E-state index is -0.376. The van der Waals surface area contributed by atoms with Crippen LogP contribution >= 0.6 is 0 Å². The van der Waals surface area contributed by atoms with Gasteiger partial charge in [-0.05, 0) is 33.7 Å². The van der Waals surface area contributed by atoms with E-state index in [0.717, 1.165) is 26.1 Å². The molecule has 0 radical (unpaired) electrons. The van der Waals surface area contributed by atoms with E-state index in [1.807, 2.05) is 20.8 Å². The minimum Gasteiger partial charge on any atom is -0.460 e. The molecule has 1 fully saturated rings. The molecule has 1 aliphatic rings. The van der Waals surface area contributed by atoms with Gasteiger partial charge in [0.05, 0.1) is 6.42 Å². The molecule has 0 aromatic heterocycles. The summed E-state index contributed by atoms with van der Waals surface area (Å²) in [7, 11) is 0. The summed E-state index contributed by atoms with van der Waals surface area (Å²) in [5.41, 5.74) is 5.40. The number of hydrogen-bond donors (Lipinski definition) is 1. The second-order valence-corrected chi connectivity index (χ2v) is 5.19. The SMILES string of the molecule is CC(C)(C)OC(=O)CCN1CCC(N)C1. The van der Waals surface area contributed by atoms with Crippen molar-refractivity contribution >= 4 is 5.97 Å². The average Bonchev–Trinajstić information content (AvgIpc) is 2.45. The molecule has 1 rings (SSSR count). The first-order valence-corrected chi connectivity index (χ1v) is 5.56. The molecule has 1 atom stereocenters. The standard InChI is InChI=1S/C11H22N2O2/c1-11(2,3)15-10(14)5-7-13-6-4-9(12)8-13/h9H,4-8,12H2,1-3H3. The maximum absolute atomic E-state index is 11.4. The van der Waals surface area contributed by atoms with Gasteiger partial charge < -0.3 is 15.4 Å². The summed E-state index contributed by atoms with van der Waals surface area (Å²) in [6.07, 6.45) is 1.50. The van der Waals surface area contributed by atoms with Crippen molar-refractivity contribution in [3.63, 3.8) is 0 Å². The third-order valence-corrected chi connectivity index (χ3v) is 2.36. The van der Waals surface area contributed by atoms with Gasteiger partial charge in [0.25, 0.3) is 0 Å². The molecule has 0 aromatic carbocycles. The Balaban J connectivity index is 2.17. The Hall–Kier alpha value is -0.610. The number of rotatable bonds is 3. The van der Waals surface area contributed by atoms with Gasteiger partial charge in [-0.3, -0.25) is 4.79 Å². The number of likely N-dealkylation sites (tertiary alicyclic amines) is 1. The summed E-state index contributed by atoms with van der Waals surface area (Å²) in [5, 5.41) is 0. The molecule has 4 nitrogen and oxygen atoms in total. The fourth-order valence-electron chi connectivity index (χ4n) is 1.71. The van der Waals surface area contributed by atoms with Crippen LogP contribution < -0.4 is 5.73 Å². The second-order valence-electron chi connectivity index (χ2n) is 5.19. The third kappa shape index (κ3) is 5.14. The smallest absolute Gasteiger partial charge is 0.307 e. The van der Waals surface area contributed by atoms with Gasteiger partial charge in [0.2, 0.25) is 0 Å². The first-order chi connectivity index (χ1) is 6.87. The molecule has 88 valence electrons. The molecular weight excluding hydrogens is 192 g/mol. The number of carbonyl (C=O) groups is 1. The highest BCUT2D eigenvalue weighted by atomic mass is 16.6. The number of nitrogens with zero attached hydrogens (tertiary/aromatic N) is 1. The van der Waals surface area contributed by atoms with Gasteiger partial charge in [0.15, 0.2) is 0 Å². The number of nitrogens with two attached hydrogens (primary N) is 1. The van der Waals surface area contributed by atoms with E-state index in [9.17, 15) is 4.79 Å². The van der Waals surface area contributed by atoms with E-state index < -0.39 is 0 Å². The molecule has 0 spiro atoms. The Morgan fingerprint density at radius 2 is 2.20 bits per heavy atom. The number of esters is 1. The monoisotopic (exact) mass is 214 g/mol. The van der Waals surface area contributed by atoms with Crippen molar-refractivity contribution in [1.82, 2.24) is 4.90 Å². The third-order valence-electron chi connectivity index (χ3n) is 2.36. The van der Waals surface area contributed by atoms with E-state index in [1.54, 1.807) is 0 Å². The minimum absolute atomic E-state index is 0.122. The maximum Gasteiger partial charge on any atom is 0.307 e. The van der Waals surface area contributed by atoms with Crippen LogP contribution in [0.3, 0.4) is 0 Å². The van der Waals surface area contributed by atoms with Crippen LogP contribution in [0.2, 0.25) is 0 Å². The summed E-state index contributed by atoms with van der Waals surface area (Å²) in [5.74, 6) is -0.122. The zero-order valence-corrected chi connectivity index (χ0v) is 9.95. The quantitative estimate of drug-likeness (QED) is 0.704. The Labute approximate surface area is 91.8 Å². The highest BCUT2D eigenvalue weighted by molar-refractivity contribution is 5.70. The van der Waals surface area contributed by atoms with E-state index in [0.29, 0.717) is 6.42 Å². The van der Waals surface area contributed by atoms with Gasteiger partial charge in [-0.25, -0.2) is 0 Å². The maximum atomic E-state index is 11.4. The van der Waals surface area contributed by atoms with Crippen LogP contribution in [0.1, 0.15) is 33.6 Å². The first-order valence-electron chi connectivity index (χ1n) is 5.56. The van der Waals surface area contributed by atoms with E-state index in [-0.39, 0.29) is 17.6 Å². The molecule has 1 saturated heterocycles. The van der Waals surface area contributed by atoms with Crippen LogP contribution in [-0.4, -0.2) is 42.1 Å². The zero-order valence-electron chi connectivity index (χ0n) is 9.95. The topological polar surface area (TPSA) is 55.6 Å². The predicted molar refractivity (Wildman–Crippen MR) is 59.5 cm³/mol. The van der Waals surface area contributed by atoms with Gasteiger partial charge in [0, 0.05) is 19.1 Å². The van der Waals surface area contributed by atoms with Crippen molar-refractivity contribution in [3.8, 4) is 0 Å². The molecule has 0 bridgehead atoms. The largest absolute Gasteiger partial charge is 0.460 e. The molecule has 1 heterocycles. The lowest BCUT2D eigenvalue weighted by molar-refractivity contribution is -0.155. The fraction of sp³-hybridized carbons (Fsp3) is 0.909. The summed E-state index contributed by atoms with van der Waals surface area (Å²) in [6, 6.07) is 0.281. The molecule has 0 aromatic rings. The second kappa shape index (κ2) is 4.94. The molecule has 0 saturated carbocycles. The Morgan fingerprint density at radius 3 is 2.67 bits per heavy atom. The van der Waals surface area contributed by atoms with Crippen LogP contribution in [0.4, 0.5) is 0 Å². The van der Waals surface area contributed by atoms with Crippen molar-refractivity contribution in [3.05, 3.63) is 0 Å². The highest BCUT2D eigenvalue weighted by Crippen LogP contribution is 2.10. The van der Waals surface area contributed by atoms with Crippen LogP contribution in [0, 0.1) is 0 Å². The molecule has 15 heavy (non-hydrogen) atoms. The lowest BCUT2D eigenvalue weighted by atomic mass is 10.2. The van der Waals surface area contributed by atoms with Crippen molar-refractivity contribution < 1.29 is 9.53 Å². The van der Waals surface area contributed by atoms with E-state index in [4.69, 9.17) is 10.5 Å². The Bertz CT molecular complexity index is 223. The predicted octanol–water partition coefficient (Wildman–Crippen LogP) is 0.751. The van der Waals surface area contributed by atoms with Crippen molar-refractivity contribution in [1.29, 1.82) is 0 Å². The molecule has 1 unspecified atom stereocenters. The first kappa shape index (κ1) is 12.5. The van der Waals surface area contributed by atoms with E-state index in [1.165, 1.54) is 0 Å². The summed E-state index contributed by atoms with van der Waals surface area (Å²) in [6.45, 7) is 8.33. The summed E-state index contributed by atoms with van der Waals surface area (Å²) < 4.78 is 5.23. The fourth-order valence-corrected chi connectivity index (χ4v) is 1.71. The van der Waals surface area contributed by atoms with Gasteiger partial charge in [0.1, 0.15) is 5.60 Å². The normalized spacial score (nSPS) is 23.1. The van der Waals surface area contributed by atoms with Gasteiger partial charge in [-0.15, -0.1) is 0 Å². The number of ether oxygens (including phenoxy) is 1. The summed E-state index contributed by atoms with van der Waals surface area (Å²) in [4.78, 5) is 13.6. The van der Waals surface area contributed by atoms with Crippen LogP contribution in [-0.2, 0) is 9.53 Å². The average molecular weight is 214 g/mol. The Morgan fingerprint density at radius 1 is 1.53 bits per heavy atom. The van der Waals surface area contributed by atoms with Gasteiger partial charge >= 0.3 is 5.97 Å². The van der Waals surface area contributed by atoms with Crippen LogP contribution in [0.15, 0.2) is 0 Å². The van der Waals surface area contributed by atoms with Crippen LogP contribution in [0.5, 0.6) is 0 Å². The van der Waals surface area contributed by atoms with E-state index >= 15 is 0 Å². The molecule has 1 aliphatic heterocycles. The van der Waals surface area contributed by atoms with Crippen molar-refractivity contribution in [2.75, 3.05) is 19.6 Å². The molecule has 4 heteroatoms. The lowest BCUT2D eigenvalue weighted by Gasteiger charge is -2.21. The van der Waals surface area contributed by atoms with Crippen molar-refractivity contribution in [2.45, 2.75) is 45.3 Å². The Kier molecular flexibility index (Phi) is 4.11. The van der Waals surface area contributed by atoms with E-state index in [2.05, 4.69) is 4.90 Å². The lowest BCUT2D eigenvalue weighted by Crippen LogP contribution is -2.30. The van der Waals surface area contributed by atoms with Gasteiger partial charge in [-0.2, -0.15) is 0 Å². The van der Waals surface area contributed by atoms with Gasteiger partial charge in [-0.1, -0.05) is 0 Å². The summed E-state index contributed by atoms with van der Waals surface area (Å²) >= 11 is 0. The molecule has 0 amide bonds. The van der Waals surface area contributed by atoms with Crippen molar-refractivity contribution in [2.24, 2.45) is 5.73 Å². The number of hydrogen-bond acceptors (Lipinski definition) is 4. The molecule has 0 aliphatic carbocycles. The zero-order chi connectivity index (χ0) is 11.5. The highest BCUT2D eigenvalue weighted by Gasteiger charge is 2.21. The number of carbonyl (C=O) groups excluding carboxylic acids is 1.